The largest absolute Gasteiger partial charge is 0.383 e. The molecule has 110 valence electrons. The summed E-state index contributed by atoms with van der Waals surface area (Å²) < 4.78 is 8.73. The van der Waals surface area contributed by atoms with Crippen LogP contribution in [-0.4, -0.2) is 28.8 Å². The smallest absolute Gasteiger partial charge is 0.268 e. The minimum absolute atomic E-state index is 0.201. The first kappa shape index (κ1) is 13.0. The van der Waals surface area contributed by atoms with E-state index in [2.05, 4.69) is 0 Å². The van der Waals surface area contributed by atoms with Crippen LogP contribution in [0.1, 0.15) is 10.4 Å². The summed E-state index contributed by atoms with van der Waals surface area (Å²) in [6.45, 7) is 1.09. The molecule has 0 radical (unpaired) electrons. The quantitative estimate of drug-likeness (QED) is 0.581. The van der Waals surface area contributed by atoms with Gasteiger partial charge in [0, 0.05) is 25.2 Å². The fraction of sp³-hybridized carbons (Fsp3) is 0.176. The second-order valence-electron chi connectivity index (χ2n) is 5.28. The van der Waals surface area contributed by atoms with Crippen molar-refractivity contribution in [2.24, 2.45) is 0 Å². The standard InChI is InChI=1S/C17H14N2O3/c1-22-10-9-18-12-6-3-2-5-11(12)16(20)14-15(18)13-7-4-8-19(13)17(14)21/h2-8H,9-10H2,1H3. The maximum atomic E-state index is 12.7. The van der Waals surface area contributed by atoms with Crippen LogP contribution < -0.4 is 5.43 Å². The zero-order valence-electron chi connectivity index (χ0n) is 12.1. The molecule has 5 nitrogen and oxygen atoms in total. The zero-order valence-corrected chi connectivity index (χ0v) is 12.1. The van der Waals surface area contributed by atoms with Gasteiger partial charge in [0.2, 0.25) is 5.43 Å². The van der Waals surface area contributed by atoms with Gasteiger partial charge in [-0.25, -0.2) is 0 Å². The third-order valence-corrected chi connectivity index (χ3v) is 4.12. The summed E-state index contributed by atoms with van der Waals surface area (Å²) in [7, 11) is 1.64. The molecule has 1 aliphatic heterocycles. The number of carbonyl (C=O) groups is 1. The molecule has 1 aromatic carbocycles. The van der Waals surface area contributed by atoms with Crippen molar-refractivity contribution in [3.63, 3.8) is 0 Å². The molecule has 0 saturated heterocycles. The summed E-state index contributed by atoms with van der Waals surface area (Å²) in [6, 6.07) is 11.1. The predicted octanol–water partition coefficient (Wildman–Crippen LogP) is 2.12. The molecule has 1 aliphatic rings. The van der Waals surface area contributed by atoms with Crippen molar-refractivity contribution in [3.05, 3.63) is 58.4 Å². The van der Waals surface area contributed by atoms with E-state index in [1.165, 1.54) is 4.57 Å². The lowest BCUT2D eigenvalue weighted by molar-refractivity contribution is 0.0968. The molecule has 0 fully saturated rings. The van der Waals surface area contributed by atoms with Gasteiger partial charge in [-0.1, -0.05) is 12.1 Å². The molecule has 0 amide bonds. The van der Waals surface area contributed by atoms with Gasteiger partial charge in [0.25, 0.3) is 5.91 Å². The molecule has 0 saturated carbocycles. The molecular weight excluding hydrogens is 280 g/mol. The number of methoxy groups -OCH3 is 1. The molecule has 0 atom stereocenters. The highest BCUT2D eigenvalue weighted by atomic mass is 16.5. The average Bonchev–Trinajstić information content (AvgIpc) is 3.11. The number of para-hydroxylation sites is 1. The van der Waals surface area contributed by atoms with E-state index in [0.29, 0.717) is 24.2 Å². The van der Waals surface area contributed by atoms with E-state index >= 15 is 0 Å². The van der Waals surface area contributed by atoms with Crippen LogP contribution in [0.2, 0.25) is 0 Å². The van der Waals surface area contributed by atoms with Gasteiger partial charge in [0.1, 0.15) is 5.56 Å². The van der Waals surface area contributed by atoms with Crippen molar-refractivity contribution < 1.29 is 9.53 Å². The summed E-state index contributed by atoms with van der Waals surface area (Å²) >= 11 is 0. The van der Waals surface area contributed by atoms with Gasteiger partial charge in [-0.15, -0.1) is 0 Å². The van der Waals surface area contributed by atoms with E-state index in [4.69, 9.17) is 4.74 Å². The number of pyridine rings is 1. The lowest BCUT2D eigenvalue weighted by Gasteiger charge is -2.15. The normalized spacial score (nSPS) is 12.7. The number of hydrogen-bond donors (Lipinski definition) is 0. The Morgan fingerprint density at radius 3 is 2.73 bits per heavy atom. The monoisotopic (exact) mass is 294 g/mol. The minimum Gasteiger partial charge on any atom is -0.383 e. The van der Waals surface area contributed by atoms with Crippen LogP contribution >= 0.6 is 0 Å². The Kier molecular flexibility index (Phi) is 2.77. The Bertz CT molecular complexity index is 966. The molecule has 0 spiro atoms. The van der Waals surface area contributed by atoms with Crippen molar-refractivity contribution >= 4 is 16.8 Å². The van der Waals surface area contributed by atoms with E-state index in [9.17, 15) is 9.59 Å². The number of ether oxygens (including phenoxy) is 1. The third-order valence-electron chi connectivity index (χ3n) is 4.12. The number of fused-ring (bicyclic) bond motifs is 4. The fourth-order valence-electron chi connectivity index (χ4n) is 3.15. The van der Waals surface area contributed by atoms with Gasteiger partial charge in [-0.3, -0.25) is 14.2 Å². The van der Waals surface area contributed by atoms with Crippen molar-refractivity contribution in [2.45, 2.75) is 6.54 Å². The summed E-state index contributed by atoms with van der Waals surface area (Å²) in [5.74, 6) is -0.253. The van der Waals surface area contributed by atoms with Crippen LogP contribution in [0.25, 0.3) is 22.3 Å². The van der Waals surface area contributed by atoms with E-state index in [-0.39, 0.29) is 16.9 Å². The average molecular weight is 294 g/mol. The van der Waals surface area contributed by atoms with Crippen LogP contribution in [0.5, 0.6) is 0 Å². The molecular formula is C17H14N2O3. The van der Waals surface area contributed by atoms with Gasteiger partial charge in [0.15, 0.2) is 0 Å². The number of nitrogens with zero attached hydrogens (tertiary/aromatic N) is 2. The van der Waals surface area contributed by atoms with E-state index in [0.717, 1.165) is 11.2 Å². The second-order valence-corrected chi connectivity index (χ2v) is 5.28. The predicted molar refractivity (Wildman–Crippen MR) is 83.2 cm³/mol. The lowest BCUT2D eigenvalue weighted by Crippen LogP contribution is -2.20. The number of rotatable bonds is 3. The van der Waals surface area contributed by atoms with Crippen molar-refractivity contribution in [2.75, 3.05) is 13.7 Å². The Hall–Kier alpha value is -2.66. The second kappa shape index (κ2) is 4.68. The fourth-order valence-corrected chi connectivity index (χ4v) is 3.15. The van der Waals surface area contributed by atoms with Crippen LogP contribution in [0.15, 0.2) is 47.4 Å². The molecule has 5 heteroatoms. The summed E-state index contributed by atoms with van der Waals surface area (Å²) in [4.78, 5) is 25.3. The van der Waals surface area contributed by atoms with Crippen LogP contribution in [0.4, 0.5) is 0 Å². The van der Waals surface area contributed by atoms with Gasteiger partial charge >= 0.3 is 0 Å². The maximum absolute atomic E-state index is 12.7. The Labute approximate surface area is 126 Å². The number of aromatic nitrogens is 2. The topological polar surface area (TPSA) is 53.2 Å². The first-order chi connectivity index (χ1) is 10.7. The highest BCUT2D eigenvalue weighted by Gasteiger charge is 2.32. The molecule has 22 heavy (non-hydrogen) atoms. The van der Waals surface area contributed by atoms with Crippen molar-refractivity contribution in [3.8, 4) is 11.4 Å². The Morgan fingerprint density at radius 2 is 1.91 bits per heavy atom. The third kappa shape index (κ3) is 1.57. The molecule has 0 unspecified atom stereocenters. The van der Waals surface area contributed by atoms with E-state index < -0.39 is 0 Å². The van der Waals surface area contributed by atoms with Gasteiger partial charge < -0.3 is 9.30 Å². The number of carbonyl (C=O) groups excluding carboxylic acids is 1. The van der Waals surface area contributed by atoms with E-state index in [1.807, 2.05) is 34.9 Å². The van der Waals surface area contributed by atoms with Crippen molar-refractivity contribution in [1.82, 2.24) is 9.13 Å². The molecule has 2 aromatic heterocycles. The highest BCUT2D eigenvalue weighted by Crippen LogP contribution is 2.32. The van der Waals surface area contributed by atoms with Crippen LogP contribution in [0, 0.1) is 0 Å². The summed E-state index contributed by atoms with van der Waals surface area (Å²) in [5, 5.41) is 0.566. The Morgan fingerprint density at radius 1 is 1.09 bits per heavy atom. The SMILES string of the molecule is COCCn1c2c(c(=O)c3ccccc31)C(=O)n1cccc1-2. The first-order valence-corrected chi connectivity index (χ1v) is 7.11. The molecule has 0 aliphatic carbocycles. The summed E-state index contributed by atoms with van der Waals surface area (Å²) in [5.41, 5.74) is 2.33. The van der Waals surface area contributed by atoms with Crippen LogP contribution in [-0.2, 0) is 11.3 Å². The summed E-state index contributed by atoms with van der Waals surface area (Å²) in [6.07, 6.45) is 1.70. The van der Waals surface area contributed by atoms with E-state index in [1.54, 1.807) is 19.4 Å². The Balaban J connectivity index is 2.16. The van der Waals surface area contributed by atoms with Crippen LogP contribution in [0.3, 0.4) is 0 Å². The number of benzene rings is 1. The number of hydrogen-bond acceptors (Lipinski definition) is 3. The highest BCUT2D eigenvalue weighted by molar-refractivity contribution is 6.10. The van der Waals surface area contributed by atoms with Gasteiger partial charge in [0.05, 0.1) is 23.5 Å². The lowest BCUT2D eigenvalue weighted by atomic mass is 10.1. The molecule has 4 rings (SSSR count). The maximum Gasteiger partial charge on any atom is 0.268 e. The van der Waals surface area contributed by atoms with Gasteiger partial charge in [-0.05, 0) is 24.3 Å². The molecule has 3 aromatic rings. The minimum atomic E-state index is -0.253. The molecule has 0 N–H and O–H groups in total. The zero-order chi connectivity index (χ0) is 15.3. The molecule has 0 bridgehead atoms. The molecule has 3 heterocycles. The van der Waals surface area contributed by atoms with Gasteiger partial charge in [-0.2, -0.15) is 0 Å². The first-order valence-electron chi connectivity index (χ1n) is 7.11. The van der Waals surface area contributed by atoms with Crippen molar-refractivity contribution in [1.29, 1.82) is 0 Å².